The summed E-state index contributed by atoms with van der Waals surface area (Å²) in [6.45, 7) is 8.90. The molecule has 0 spiro atoms. The molecule has 1 unspecified atom stereocenters. The monoisotopic (exact) mass is 437 g/mol. The number of rotatable bonds is 4. The van der Waals surface area contributed by atoms with E-state index in [1.807, 2.05) is 54.3 Å². The van der Waals surface area contributed by atoms with E-state index < -0.39 is 6.09 Å². The molecule has 0 saturated carbocycles. The zero-order valence-electron chi connectivity index (χ0n) is 18.9. The number of amides is 2. The molecule has 7 nitrogen and oxygen atoms in total. The Balaban J connectivity index is 1.60. The lowest BCUT2D eigenvalue weighted by Crippen LogP contribution is -2.50. The van der Waals surface area contributed by atoms with Gasteiger partial charge in [-0.15, -0.1) is 0 Å². The number of ether oxygens (including phenoxy) is 2. The maximum atomic E-state index is 12.7. The second-order valence-corrected chi connectivity index (χ2v) is 8.52. The van der Waals surface area contributed by atoms with E-state index in [0.717, 1.165) is 35.6 Å². The Morgan fingerprint density at radius 2 is 1.81 bits per heavy atom. The van der Waals surface area contributed by atoms with E-state index in [0.29, 0.717) is 13.2 Å². The summed E-state index contributed by atoms with van der Waals surface area (Å²) < 4.78 is 11.0. The van der Waals surface area contributed by atoms with Crippen molar-refractivity contribution in [3.8, 4) is 0 Å². The van der Waals surface area contributed by atoms with E-state index in [1.54, 1.807) is 6.92 Å². The number of anilines is 2. The summed E-state index contributed by atoms with van der Waals surface area (Å²) in [5.41, 5.74) is 3.78. The number of hydrogen-bond donors (Lipinski definition) is 1. The third-order valence-electron chi connectivity index (χ3n) is 6.50. The quantitative estimate of drug-likeness (QED) is 0.786. The van der Waals surface area contributed by atoms with Crippen LogP contribution in [0.1, 0.15) is 37.9 Å². The average molecular weight is 438 g/mol. The first-order valence-corrected chi connectivity index (χ1v) is 11.2. The number of carbonyl (C=O) groups excluding carboxylic acids is 2. The normalized spacial score (nSPS) is 22.8. The largest absolute Gasteiger partial charge is 0.445 e. The van der Waals surface area contributed by atoms with Gasteiger partial charge in [-0.05, 0) is 30.7 Å². The fraction of sp³-hybridized carbons (Fsp3) is 0.440. The van der Waals surface area contributed by atoms with Crippen molar-refractivity contribution in [2.24, 2.45) is 5.92 Å². The first-order chi connectivity index (χ1) is 15.5. The molecule has 4 rings (SSSR count). The Hall–Kier alpha value is -3.06. The van der Waals surface area contributed by atoms with Crippen molar-refractivity contribution in [3.05, 3.63) is 59.7 Å². The van der Waals surface area contributed by atoms with Crippen molar-refractivity contribution in [2.45, 2.75) is 39.5 Å². The highest BCUT2D eigenvalue weighted by Gasteiger charge is 2.39. The number of morpholine rings is 1. The molecule has 2 aromatic carbocycles. The SMILES string of the molecule is CC(=O)N1c2ccc(N3CCOCC3)cc2C(NC(=O)OCc2ccccc2)[C@@H](C)[C@@H]1C. The van der Waals surface area contributed by atoms with Crippen LogP contribution >= 0.6 is 0 Å². The average Bonchev–Trinajstić information content (AvgIpc) is 2.81. The molecule has 0 aromatic heterocycles. The van der Waals surface area contributed by atoms with Gasteiger partial charge in [0.25, 0.3) is 0 Å². The van der Waals surface area contributed by atoms with Crippen LogP contribution in [0.15, 0.2) is 48.5 Å². The fourth-order valence-electron chi connectivity index (χ4n) is 4.60. The molecule has 1 fully saturated rings. The van der Waals surface area contributed by atoms with Crippen LogP contribution in [-0.2, 0) is 20.9 Å². The molecular weight excluding hydrogens is 406 g/mol. The predicted octanol–water partition coefficient (Wildman–Crippen LogP) is 3.88. The maximum Gasteiger partial charge on any atom is 0.407 e. The zero-order chi connectivity index (χ0) is 22.7. The van der Waals surface area contributed by atoms with Gasteiger partial charge < -0.3 is 24.6 Å². The predicted molar refractivity (Wildman–Crippen MR) is 124 cm³/mol. The summed E-state index contributed by atoms with van der Waals surface area (Å²) in [6, 6.07) is 15.4. The Kier molecular flexibility index (Phi) is 6.65. The molecule has 0 aliphatic carbocycles. The van der Waals surface area contributed by atoms with Crippen LogP contribution in [0.5, 0.6) is 0 Å². The second-order valence-electron chi connectivity index (χ2n) is 8.52. The van der Waals surface area contributed by atoms with Gasteiger partial charge in [0.2, 0.25) is 5.91 Å². The van der Waals surface area contributed by atoms with Crippen molar-refractivity contribution >= 4 is 23.4 Å². The molecule has 170 valence electrons. The topological polar surface area (TPSA) is 71.1 Å². The van der Waals surface area contributed by atoms with E-state index in [-0.39, 0.29) is 30.5 Å². The van der Waals surface area contributed by atoms with Crippen molar-refractivity contribution < 1.29 is 19.1 Å². The summed E-state index contributed by atoms with van der Waals surface area (Å²) in [5, 5.41) is 3.07. The van der Waals surface area contributed by atoms with Gasteiger partial charge in [-0.25, -0.2) is 4.79 Å². The standard InChI is InChI=1S/C25H31N3O4/c1-17-18(2)28(19(3)29)23-10-9-21(27-11-13-31-14-12-27)15-22(23)24(17)26-25(30)32-16-20-7-5-4-6-8-20/h4-10,15,17-18,24H,11-14,16H2,1-3H3,(H,26,30)/t17-,18-,24?/m0/s1. The highest BCUT2D eigenvalue weighted by molar-refractivity contribution is 5.94. The third kappa shape index (κ3) is 4.58. The maximum absolute atomic E-state index is 12.7. The lowest BCUT2D eigenvalue weighted by atomic mass is 9.82. The molecule has 2 amide bonds. The molecule has 2 aliphatic heterocycles. The zero-order valence-corrected chi connectivity index (χ0v) is 18.9. The highest BCUT2D eigenvalue weighted by Crippen LogP contribution is 2.42. The van der Waals surface area contributed by atoms with Gasteiger partial charge in [0, 0.05) is 48.9 Å². The molecule has 3 atom stereocenters. The number of nitrogens with zero attached hydrogens (tertiary/aromatic N) is 2. The van der Waals surface area contributed by atoms with Crippen LogP contribution in [0, 0.1) is 5.92 Å². The van der Waals surface area contributed by atoms with Gasteiger partial charge in [-0.1, -0.05) is 37.3 Å². The number of carbonyl (C=O) groups is 2. The van der Waals surface area contributed by atoms with Crippen LogP contribution in [0.4, 0.5) is 16.2 Å². The molecule has 0 bridgehead atoms. The van der Waals surface area contributed by atoms with E-state index in [4.69, 9.17) is 9.47 Å². The van der Waals surface area contributed by atoms with Gasteiger partial charge >= 0.3 is 6.09 Å². The molecule has 0 radical (unpaired) electrons. The number of fused-ring (bicyclic) bond motifs is 1. The van der Waals surface area contributed by atoms with Gasteiger partial charge in [-0.2, -0.15) is 0 Å². The fourth-order valence-corrected chi connectivity index (χ4v) is 4.60. The summed E-state index contributed by atoms with van der Waals surface area (Å²) in [7, 11) is 0. The van der Waals surface area contributed by atoms with E-state index in [2.05, 4.69) is 23.2 Å². The molecule has 2 aliphatic rings. The van der Waals surface area contributed by atoms with E-state index in [1.165, 1.54) is 0 Å². The van der Waals surface area contributed by atoms with Crippen LogP contribution in [0.25, 0.3) is 0 Å². The summed E-state index contributed by atoms with van der Waals surface area (Å²) >= 11 is 0. The van der Waals surface area contributed by atoms with Crippen LogP contribution in [0.2, 0.25) is 0 Å². The van der Waals surface area contributed by atoms with Gasteiger partial charge in [0.15, 0.2) is 0 Å². The van der Waals surface area contributed by atoms with E-state index >= 15 is 0 Å². The number of alkyl carbamates (subject to hydrolysis) is 1. The highest BCUT2D eigenvalue weighted by atomic mass is 16.5. The lowest BCUT2D eigenvalue weighted by Gasteiger charge is -2.44. The molecule has 7 heteroatoms. The van der Waals surface area contributed by atoms with Crippen molar-refractivity contribution in [1.82, 2.24) is 5.32 Å². The van der Waals surface area contributed by atoms with Crippen LogP contribution in [0.3, 0.4) is 0 Å². The van der Waals surface area contributed by atoms with Crippen molar-refractivity contribution in [3.63, 3.8) is 0 Å². The Morgan fingerprint density at radius 1 is 1.09 bits per heavy atom. The van der Waals surface area contributed by atoms with Gasteiger partial charge in [0.05, 0.1) is 19.3 Å². The second kappa shape index (κ2) is 9.61. The van der Waals surface area contributed by atoms with Crippen LogP contribution < -0.4 is 15.1 Å². The lowest BCUT2D eigenvalue weighted by molar-refractivity contribution is -0.117. The number of nitrogens with one attached hydrogen (secondary N) is 1. The smallest absolute Gasteiger partial charge is 0.407 e. The Labute approximate surface area is 189 Å². The summed E-state index contributed by atoms with van der Waals surface area (Å²) in [4.78, 5) is 29.3. The molecule has 32 heavy (non-hydrogen) atoms. The van der Waals surface area contributed by atoms with E-state index in [9.17, 15) is 9.59 Å². The molecule has 2 heterocycles. The summed E-state index contributed by atoms with van der Waals surface area (Å²) in [5.74, 6) is 0.00504. The molecular formula is C25H31N3O4. The minimum absolute atomic E-state index is 0.00479. The third-order valence-corrected chi connectivity index (χ3v) is 6.50. The number of benzene rings is 2. The van der Waals surface area contributed by atoms with Crippen molar-refractivity contribution in [2.75, 3.05) is 36.1 Å². The van der Waals surface area contributed by atoms with Crippen LogP contribution in [-0.4, -0.2) is 44.3 Å². The van der Waals surface area contributed by atoms with Gasteiger partial charge in [0.1, 0.15) is 6.61 Å². The van der Waals surface area contributed by atoms with Crippen molar-refractivity contribution in [1.29, 1.82) is 0 Å². The minimum atomic E-state index is -0.461. The van der Waals surface area contributed by atoms with Gasteiger partial charge in [-0.3, -0.25) is 4.79 Å². The number of hydrogen-bond acceptors (Lipinski definition) is 5. The molecule has 1 N–H and O–H groups in total. The first-order valence-electron chi connectivity index (χ1n) is 11.2. The Bertz CT molecular complexity index is 959. The molecule has 2 aromatic rings. The molecule has 1 saturated heterocycles. The minimum Gasteiger partial charge on any atom is -0.445 e. The first kappa shape index (κ1) is 22.1. The Morgan fingerprint density at radius 3 is 2.50 bits per heavy atom. The summed E-state index contributed by atoms with van der Waals surface area (Å²) in [6.07, 6.45) is -0.461.